The van der Waals surface area contributed by atoms with Gasteiger partial charge in [0.15, 0.2) is 6.79 Å². The molecule has 0 saturated carbocycles. The average molecular weight is 221 g/mol. The number of benzene rings is 1. The molecule has 0 spiro atoms. The van der Waals surface area contributed by atoms with E-state index >= 15 is 0 Å². The topological polar surface area (TPSA) is 40.0 Å². The monoisotopic (exact) mass is 221 g/mol. The van der Waals surface area contributed by atoms with Crippen LogP contribution in [0.5, 0.6) is 0 Å². The predicted octanol–water partition coefficient (Wildman–Crippen LogP) is 2.07. The standard InChI is InChI=1S/C12H15NO3/c1-9-3-5-10(6-4-9)11-7-12(16-13-11)15-8-14-2/h3-6,12H,7-8H2,1-2H3. The minimum Gasteiger partial charge on any atom is -0.363 e. The molecule has 0 amide bonds. The summed E-state index contributed by atoms with van der Waals surface area (Å²) in [5.41, 5.74) is 3.23. The van der Waals surface area contributed by atoms with Gasteiger partial charge in [-0.05, 0) is 12.5 Å². The van der Waals surface area contributed by atoms with Gasteiger partial charge >= 0.3 is 0 Å². The van der Waals surface area contributed by atoms with Crippen LogP contribution >= 0.6 is 0 Å². The second kappa shape index (κ2) is 5.09. The Morgan fingerprint density at radius 2 is 2.12 bits per heavy atom. The van der Waals surface area contributed by atoms with Gasteiger partial charge in [-0.25, -0.2) is 0 Å². The Balaban J connectivity index is 1.95. The lowest BCUT2D eigenvalue weighted by Gasteiger charge is -2.07. The third-order valence-corrected chi connectivity index (χ3v) is 2.40. The normalized spacial score (nSPS) is 19.4. The minimum atomic E-state index is -0.323. The smallest absolute Gasteiger partial charge is 0.234 e. The fourth-order valence-corrected chi connectivity index (χ4v) is 1.50. The highest BCUT2D eigenvalue weighted by molar-refractivity contribution is 6.01. The van der Waals surface area contributed by atoms with Crippen molar-refractivity contribution in [3.05, 3.63) is 35.4 Å². The highest BCUT2D eigenvalue weighted by Crippen LogP contribution is 2.17. The molecule has 2 rings (SSSR count). The van der Waals surface area contributed by atoms with E-state index in [1.54, 1.807) is 7.11 Å². The van der Waals surface area contributed by atoms with E-state index in [0.29, 0.717) is 6.42 Å². The van der Waals surface area contributed by atoms with Crippen molar-refractivity contribution in [2.24, 2.45) is 5.16 Å². The van der Waals surface area contributed by atoms with Crippen molar-refractivity contribution in [2.45, 2.75) is 19.6 Å². The molecule has 1 heterocycles. The summed E-state index contributed by atoms with van der Waals surface area (Å²) in [5.74, 6) is 0. The van der Waals surface area contributed by atoms with Crippen molar-refractivity contribution in [3.63, 3.8) is 0 Å². The molecule has 1 atom stereocenters. The maximum atomic E-state index is 5.27. The molecular formula is C12H15NO3. The average Bonchev–Trinajstić information content (AvgIpc) is 2.76. The van der Waals surface area contributed by atoms with Crippen LogP contribution < -0.4 is 0 Å². The Labute approximate surface area is 94.8 Å². The van der Waals surface area contributed by atoms with E-state index in [2.05, 4.69) is 24.2 Å². The van der Waals surface area contributed by atoms with Crippen LogP contribution in [0.2, 0.25) is 0 Å². The van der Waals surface area contributed by atoms with E-state index in [9.17, 15) is 0 Å². The van der Waals surface area contributed by atoms with Gasteiger partial charge in [0.25, 0.3) is 0 Å². The van der Waals surface area contributed by atoms with E-state index < -0.39 is 0 Å². The molecule has 16 heavy (non-hydrogen) atoms. The molecule has 86 valence electrons. The lowest BCUT2D eigenvalue weighted by atomic mass is 10.1. The maximum absolute atomic E-state index is 5.27. The number of aryl methyl sites for hydroxylation is 1. The first-order valence-corrected chi connectivity index (χ1v) is 5.20. The van der Waals surface area contributed by atoms with Crippen molar-refractivity contribution < 1.29 is 14.3 Å². The summed E-state index contributed by atoms with van der Waals surface area (Å²) in [5, 5.41) is 4.01. The zero-order valence-corrected chi connectivity index (χ0v) is 9.47. The number of nitrogens with zero attached hydrogens (tertiary/aromatic N) is 1. The SMILES string of the molecule is COCOC1CC(c2ccc(C)cc2)=NO1. The molecule has 0 saturated heterocycles. The highest BCUT2D eigenvalue weighted by Gasteiger charge is 2.22. The van der Waals surface area contributed by atoms with Crippen LogP contribution in [0.1, 0.15) is 17.5 Å². The molecule has 4 heteroatoms. The Kier molecular flexibility index (Phi) is 3.54. The number of hydrogen-bond acceptors (Lipinski definition) is 4. The highest BCUT2D eigenvalue weighted by atomic mass is 16.8. The van der Waals surface area contributed by atoms with Crippen LogP contribution in [0, 0.1) is 6.92 Å². The molecule has 0 fully saturated rings. The van der Waals surface area contributed by atoms with Gasteiger partial charge in [-0.2, -0.15) is 0 Å². The molecule has 4 nitrogen and oxygen atoms in total. The zero-order chi connectivity index (χ0) is 11.4. The van der Waals surface area contributed by atoms with Gasteiger partial charge in [0.1, 0.15) is 0 Å². The summed E-state index contributed by atoms with van der Waals surface area (Å²) in [7, 11) is 1.58. The molecule has 1 aliphatic heterocycles. The molecular weight excluding hydrogens is 206 g/mol. The van der Waals surface area contributed by atoms with Crippen molar-refractivity contribution in [1.82, 2.24) is 0 Å². The molecule has 1 aromatic carbocycles. The van der Waals surface area contributed by atoms with Crippen molar-refractivity contribution >= 4 is 5.71 Å². The fraction of sp³-hybridized carbons (Fsp3) is 0.417. The Morgan fingerprint density at radius 1 is 1.38 bits per heavy atom. The summed E-state index contributed by atoms with van der Waals surface area (Å²) in [6.45, 7) is 2.28. The van der Waals surface area contributed by atoms with Gasteiger partial charge in [-0.15, -0.1) is 0 Å². The number of ether oxygens (including phenoxy) is 2. The summed E-state index contributed by atoms with van der Waals surface area (Å²) in [6, 6.07) is 8.19. The number of hydrogen-bond donors (Lipinski definition) is 0. The van der Waals surface area contributed by atoms with Crippen LogP contribution in [0.25, 0.3) is 0 Å². The molecule has 1 aromatic rings. The van der Waals surface area contributed by atoms with E-state index in [1.165, 1.54) is 5.56 Å². The molecule has 1 unspecified atom stereocenters. The number of methoxy groups -OCH3 is 1. The van der Waals surface area contributed by atoms with E-state index in [0.717, 1.165) is 11.3 Å². The van der Waals surface area contributed by atoms with Crippen LogP contribution in [-0.4, -0.2) is 25.9 Å². The molecule has 1 aliphatic rings. The number of rotatable bonds is 4. The van der Waals surface area contributed by atoms with Gasteiger partial charge in [0.05, 0.1) is 12.1 Å². The summed E-state index contributed by atoms with van der Waals surface area (Å²) in [6.07, 6.45) is 0.336. The molecule has 0 radical (unpaired) electrons. The lowest BCUT2D eigenvalue weighted by molar-refractivity contribution is -0.175. The van der Waals surface area contributed by atoms with Crippen molar-refractivity contribution in [1.29, 1.82) is 0 Å². The number of oxime groups is 1. The van der Waals surface area contributed by atoms with E-state index in [1.807, 2.05) is 12.1 Å². The first-order chi connectivity index (χ1) is 7.79. The molecule has 0 aromatic heterocycles. The quantitative estimate of drug-likeness (QED) is 0.731. The second-order valence-electron chi connectivity index (χ2n) is 3.72. The van der Waals surface area contributed by atoms with Crippen LogP contribution in [-0.2, 0) is 14.3 Å². The fourth-order valence-electron chi connectivity index (χ4n) is 1.50. The third kappa shape index (κ3) is 2.59. The molecule has 0 aliphatic carbocycles. The van der Waals surface area contributed by atoms with Gasteiger partial charge in [-0.1, -0.05) is 35.0 Å². The van der Waals surface area contributed by atoms with Crippen LogP contribution in [0.3, 0.4) is 0 Å². The second-order valence-corrected chi connectivity index (χ2v) is 3.72. The Morgan fingerprint density at radius 3 is 2.81 bits per heavy atom. The van der Waals surface area contributed by atoms with Gasteiger partial charge < -0.3 is 14.3 Å². The molecule has 0 bridgehead atoms. The summed E-state index contributed by atoms with van der Waals surface area (Å²) >= 11 is 0. The van der Waals surface area contributed by atoms with Gasteiger partial charge in [-0.3, -0.25) is 0 Å². The largest absolute Gasteiger partial charge is 0.363 e. The molecule has 0 N–H and O–H groups in total. The van der Waals surface area contributed by atoms with E-state index in [-0.39, 0.29) is 13.1 Å². The third-order valence-electron chi connectivity index (χ3n) is 2.40. The van der Waals surface area contributed by atoms with Crippen LogP contribution in [0.4, 0.5) is 0 Å². The van der Waals surface area contributed by atoms with Gasteiger partial charge in [0, 0.05) is 7.11 Å². The van der Waals surface area contributed by atoms with E-state index in [4.69, 9.17) is 14.3 Å². The van der Waals surface area contributed by atoms with Gasteiger partial charge in [0.2, 0.25) is 6.29 Å². The first-order valence-electron chi connectivity index (χ1n) is 5.20. The van der Waals surface area contributed by atoms with Crippen molar-refractivity contribution in [3.8, 4) is 0 Å². The zero-order valence-electron chi connectivity index (χ0n) is 9.47. The van der Waals surface area contributed by atoms with Crippen molar-refractivity contribution in [2.75, 3.05) is 13.9 Å². The Bertz CT molecular complexity index is 372. The lowest BCUT2D eigenvalue weighted by Crippen LogP contribution is -2.14. The van der Waals surface area contributed by atoms with Crippen LogP contribution in [0.15, 0.2) is 29.4 Å². The minimum absolute atomic E-state index is 0.224. The summed E-state index contributed by atoms with van der Waals surface area (Å²) in [4.78, 5) is 5.14. The first kappa shape index (κ1) is 11.1. The predicted molar refractivity (Wildman–Crippen MR) is 60.2 cm³/mol. The maximum Gasteiger partial charge on any atom is 0.234 e. The summed E-state index contributed by atoms with van der Waals surface area (Å²) < 4.78 is 10.1. The Hall–Kier alpha value is -1.39.